The van der Waals surface area contributed by atoms with Crippen LogP contribution in [0, 0.1) is 20.9 Å². The van der Waals surface area contributed by atoms with Gasteiger partial charge in [0.15, 0.2) is 0 Å². The Balaban J connectivity index is 1.96. The molecular weight excluding hydrogens is 443 g/mol. The Morgan fingerprint density at radius 2 is 2.19 bits per heavy atom. The van der Waals surface area contributed by atoms with Crippen molar-refractivity contribution >= 4 is 39.5 Å². The number of fused-ring (bicyclic) bond motifs is 1. The first-order valence-corrected chi connectivity index (χ1v) is 10.1. The summed E-state index contributed by atoms with van der Waals surface area (Å²) in [4.78, 5) is 11.9. The summed E-state index contributed by atoms with van der Waals surface area (Å²) in [6, 6.07) is 7.94. The number of rotatable bonds is 6. The first-order valence-electron chi connectivity index (χ1n) is 8.99. The van der Waals surface area contributed by atoms with Crippen LogP contribution in [0.1, 0.15) is 41.6 Å². The van der Waals surface area contributed by atoms with Crippen LogP contribution >= 0.6 is 22.6 Å². The van der Waals surface area contributed by atoms with E-state index in [-0.39, 0.29) is 5.97 Å². The average molecular weight is 466 g/mol. The van der Waals surface area contributed by atoms with Crippen LogP contribution in [-0.4, -0.2) is 30.9 Å². The molecule has 0 amide bonds. The van der Waals surface area contributed by atoms with Gasteiger partial charge in [-0.15, -0.1) is 0 Å². The van der Waals surface area contributed by atoms with E-state index in [1.807, 2.05) is 12.1 Å². The van der Waals surface area contributed by atoms with Crippen LogP contribution in [0.25, 0.3) is 10.9 Å². The Bertz CT molecular complexity index is 832. The number of nitrogens with zero attached hydrogens (tertiary/aromatic N) is 2. The number of hydrogen-bond acceptors (Lipinski definition) is 4. The molecule has 0 atom stereocenters. The fourth-order valence-electron chi connectivity index (χ4n) is 3.64. The van der Waals surface area contributed by atoms with Crippen LogP contribution in [0.3, 0.4) is 0 Å². The smallest absolute Gasteiger partial charge is 0.337 e. The molecule has 6 heteroatoms. The van der Waals surface area contributed by atoms with Crippen molar-refractivity contribution in [3.8, 4) is 6.07 Å². The fourth-order valence-corrected chi connectivity index (χ4v) is 4.70. The van der Waals surface area contributed by atoms with E-state index in [4.69, 9.17) is 14.7 Å². The molecule has 0 spiro atoms. The predicted molar refractivity (Wildman–Crippen MR) is 108 cm³/mol. The first kappa shape index (κ1) is 19.2. The molecule has 0 radical (unpaired) electrons. The number of nitriles is 1. The van der Waals surface area contributed by atoms with Crippen LogP contribution in [0.15, 0.2) is 18.2 Å². The monoisotopic (exact) mass is 466 g/mol. The summed E-state index contributed by atoms with van der Waals surface area (Å²) in [5, 5.41) is 10.1. The van der Waals surface area contributed by atoms with Gasteiger partial charge in [-0.1, -0.05) is 0 Å². The van der Waals surface area contributed by atoms with Gasteiger partial charge in [0.25, 0.3) is 0 Å². The molecule has 0 aliphatic carbocycles. The molecule has 0 saturated carbocycles. The van der Waals surface area contributed by atoms with Crippen molar-refractivity contribution in [3.63, 3.8) is 0 Å². The number of halogens is 1. The van der Waals surface area contributed by atoms with Crippen molar-refractivity contribution in [3.05, 3.63) is 33.0 Å². The van der Waals surface area contributed by atoms with Crippen LogP contribution in [0.5, 0.6) is 0 Å². The average Bonchev–Trinajstić information content (AvgIpc) is 2.95. The normalized spacial score (nSPS) is 15.1. The van der Waals surface area contributed by atoms with E-state index in [1.54, 1.807) is 6.07 Å². The summed E-state index contributed by atoms with van der Waals surface area (Å²) >= 11 is 2.38. The zero-order valence-electron chi connectivity index (χ0n) is 15.0. The number of methoxy groups -OCH3 is 1. The Morgan fingerprint density at radius 1 is 1.42 bits per heavy atom. The van der Waals surface area contributed by atoms with E-state index in [2.05, 4.69) is 33.2 Å². The molecule has 2 heterocycles. The number of benzene rings is 1. The number of aryl methyl sites for hydroxylation is 2. The van der Waals surface area contributed by atoms with Gasteiger partial charge in [-0.05, 0) is 78.0 Å². The maximum absolute atomic E-state index is 11.9. The maximum atomic E-state index is 11.9. The van der Waals surface area contributed by atoms with E-state index in [0.29, 0.717) is 24.4 Å². The van der Waals surface area contributed by atoms with Gasteiger partial charge >= 0.3 is 5.97 Å². The highest BCUT2D eigenvalue weighted by molar-refractivity contribution is 14.1. The molecule has 26 heavy (non-hydrogen) atoms. The molecule has 1 aliphatic heterocycles. The zero-order chi connectivity index (χ0) is 18.5. The van der Waals surface area contributed by atoms with Crippen LogP contribution in [0.4, 0.5) is 0 Å². The predicted octanol–water partition coefficient (Wildman–Crippen LogP) is 4.31. The molecule has 3 rings (SSSR count). The zero-order valence-corrected chi connectivity index (χ0v) is 17.1. The summed E-state index contributed by atoms with van der Waals surface area (Å²) in [7, 11) is 1.40. The van der Waals surface area contributed by atoms with Crippen molar-refractivity contribution in [2.45, 2.75) is 38.6 Å². The highest BCUT2D eigenvalue weighted by Gasteiger charge is 2.20. The van der Waals surface area contributed by atoms with E-state index in [0.717, 1.165) is 49.8 Å². The third kappa shape index (κ3) is 4.04. The number of carbonyl (C=O) groups excluding carboxylic acids is 1. The minimum atomic E-state index is -0.318. The lowest BCUT2D eigenvalue weighted by Crippen LogP contribution is -2.16. The minimum absolute atomic E-state index is 0.318. The van der Waals surface area contributed by atoms with Crippen LogP contribution in [0.2, 0.25) is 0 Å². The summed E-state index contributed by atoms with van der Waals surface area (Å²) < 4.78 is 13.7. The fraction of sp³-hybridized carbons (Fsp3) is 0.500. The van der Waals surface area contributed by atoms with Gasteiger partial charge in [-0.2, -0.15) is 5.26 Å². The van der Waals surface area contributed by atoms with Crippen LogP contribution < -0.4 is 0 Å². The van der Waals surface area contributed by atoms with E-state index < -0.39 is 0 Å². The minimum Gasteiger partial charge on any atom is -0.465 e. The number of aromatic nitrogens is 1. The van der Waals surface area contributed by atoms with Crippen molar-refractivity contribution in [2.24, 2.45) is 5.92 Å². The third-order valence-corrected chi connectivity index (χ3v) is 6.34. The third-order valence-electron chi connectivity index (χ3n) is 5.11. The van der Waals surface area contributed by atoms with E-state index in [1.165, 1.54) is 16.4 Å². The quantitative estimate of drug-likeness (QED) is 0.471. The molecule has 1 aromatic heterocycles. The second kappa shape index (κ2) is 8.87. The van der Waals surface area contributed by atoms with Gasteiger partial charge in [0.1, 0.15) is 0 Å². The second-order valence-electron chi connectivity index (χ2n) is 6.65. The van der Waals surface area contributed by atoms with Gasteiger partial charge in [0, 0.05) is 30.7 Å². The molecule has 1 fully saturated rings. The molecule has 5 nitrogen and oxygen atoms in total. The molecule has 2 aromatic rings. The number of carbonyl (C=O) groups is 1. The highest BCUT2D eigenvalue weighted by atomic mass is 127. The van der Waals surface area contributed by atoms with Gasteiger partial charge in [0.2, 0.25) is 0 Å². The lowest BCUT2D eigenvalue weighted by atomic mass is 9.92. The highest BCUT2D eigenvalue weighted by Crippen LogP contribution is 2.32. The number of esters is 1. The molecule has 1 aromatic carbocycles. The number of hydrogen-bond donors (Lipinski definition) is 0. The maximum Gasteiger partial charge on any atom is 0.337 e. The summed E-state index contributed by atoms with van der Waals surface area (Å²) in [6.07, 6.45) is 4.81. The lowest BCUT2D eigenvalue weighted by molar-refractivity contribution is 0.0600. The molecular formula is C20H23IN2O3. The SMILES string of the molecule is COC(=O)c1ccc2c(c1)c(CCC1CCOCC1)c(I)n2CCC#N. The van der Waals surface area contributed by atoms with E-state index in [9.17, 15) is 4.79 Å². The largest absolute Gasteiger partial charge is 0.465 e. The van der Waals surface area contributed by atoms with Gasteiger partial charge < -0.3 is 14.0 Å². The van der Waals surface area contributed by atoms with Crippen molar-refractivity contribution in [2.75, 3.05) is 20.3 Å². The van der Waals surface area contributed by atoms with Crippen molar-refractivity contribution < 1.29 is 14.3 Å². The van der Waals surface area contributed by atoms with E-state index >= 15 is 0 Å². The first-order chi connectivity index (χ1) is 12.7. The molecule has 0 unspecified atom stereocenters. The molecule has 0 bridgehead atoms. The Hall–Kier alpha value is -1.59. The van der Waals surface area contributed by atoms with Gasteiger partial charge in [-0.3, -0.25) is 0 Å². The second-order valence-corrected chi connectivity index (χ2v) is 7.67. The standard InChI is InChI=1S/C20H23IN2O3/c1-25-20(24)15-4-6-18-17(13-15)16(19(21)23(18)10-2-9-22)5-3-14-7-11-26-12-8-14/h4,6,13-14H,2-3,5,7-8,10-12H2,1H3. The van der Waals surface area contributed by atoms with Crippen molar-refractivity contribution in [1.82, 2.24) is 4.57 Å². The summed E-state index contributed by atoms with van der Waals surface area (Å²) in [5.74, 6) is 0.378. The van der Waals surface area contributed by atoms with Gasteiger partial charge in [-0.25, -0.2) is 4.79 Å². The Kier molecular flexibility index (Phi) is 6.54. The van der Waals surface area contributed by atoms with Crippen molar-refractivity contribution in [1.29, 1.82) is 5.26 Å². The molecule has 1 saturated heterocycles. The summed E-state index contributed by atoms with van der Waals surface area (Å²) in [5.41, 5.74) is 2.93. The van der Waals surface area contributed by atoms with Gasteiger partial charge in [0.05, 0.1) is 28.9 Å². The Morgan fingerprint density at radius 3 is 2.88 bits per heavy atom. The Labute approximate surface area is 167 Å². The molecule has 138 valence electrons. The molecule has 0 N–H and O–H groups in total. The topological polar surface area (TPSA) is 64.2 Å². The number of ether oxygens (including phenoxy) is 2. The summed E-state index contributed by atoms with van der Waals surface area (Å²) in [6.45, 7) is 2.39. The lowest BCUT2D eigenvalue weighted by Gasteiger charge is -2.21. The molecule has 1 aliphatic rings. The van der Waals surface area contributed by atoms with Crippen LogP contribution in [-0.2, 0) is 22.4 Å².